The van der Waals surface area contributed by atoms with Gasteiger partial charge in [0.25, 0.3) is 0 Å². The van der Waals surface area contributed by atoms with E-state index in [2.05, 4.69) is 47.0 Å². The van der Waals surface area contributed by atoms with Gasteiger partial charge in [0.15, 0.2) is 0 Å². The Kier molecular flexibility index (Phi) is 6.88. The molecule has 0 radical (unpaired) electrons. The molecule has 2 aliphatic rings. The molecule has 1 aromatic heterocycles. The number of aromatic nitrogens is 1. The van der Waals surface area contributed by atoms with Crippen LogP contribution in [-0.2, 0) is 15.3 Å². The van der Waals surface area contributed by atoms with E-state index in [-0.39, 0.29) is 22.5 Å². The third-order valence-corrected chi connectivity index (χ3v) is 8.62. The number of esters is 1. The van der Waals surface area contributed by atoms with Crippen molar-refractivity contribution in [3.8, 4) is 0 Å². The molecule has 0 spiro atoms. The van der Waals surface area contributed by atoms with Gasteiger partial charge < -0.3 is 15.0 Å². The fourth-order valence-electron chi connectivity index (χ4n) is 4.20. The second kappa shape index (κ2) is 9.60. The first-order valence-corrected chi connectivity index (χ1v) is 13.5. The highest BCUT2D eigenvalue weighted by atomic mass is 32.2. The third kappa shape index (κ3) is 4.94. The number of nitrogens with one attached hydrogen (secondary N) is 2. The smallest absolute Gasteiger partial charge is 0.307 e. The number of aromatic amines is 1. The zero-order chi connectivity index (χ0) is 21.1. The maximum Gasteiger partial charge on any atom is 0.307 e. The largest absolute Gasteiger partial charge is 0.469 e. The minimum atomic E-state index is -0.197. The van der Waals surface area contributed by atoms with Gasteiger partial charge in [0.05, 0.1) is 36.5 Å². The van der Waals surface area contributed by atoms with E-state index in [9.17, 15) is 4.79 Å². The lowest BCUT2D eigenvalue weighted by molar-refractivity contribution is -0.140. The van der Waals surface area contributed by atoms with Crippen molar-refractivity contribution < 1.29 is 9.53 Å². The molecule has 2 heterocycles. The van der Waals surface area contributed by atoms with E-state index in [1.54, 1.807) is 11.8 Å². The summed E-state index contributed by atoms with van der Waals surface area (Å²) >= 11 is 1.72. The summed E-state index contributed by atoms with van der Waals surface area (Å²) in [4.78, 5) is 20.0. The number of benzene rings is 1. The zero-order valence-electron chi connectivity index (χ0n) is 18.0. The fraction of sp³-hybridized carbons (Fsp3) is 0.522. The monoisotopic (exact) mass is 445 g/mol. The van der Waals surface area contributed by atoms with Crippen molar-refractivity contribution in [3.63, 3.8) is 0 Å². The van der Waals surface area contributed by atoms with Gasteiger partial charge in [0.2, 0.25) is 0 Å². The number of ether oxygens (including phenoxy) is 1. The lowest BCUT2D eigenvalue weighted by atomic mass is 10.1. The number of hydrogen-bond acceptors (Lipinski definition) is 5. The maximum absolute atomic E-state index is 11.6. The summed E-state index contributed by atoms with van der Waals surface area (Å²) in [6.45, 7) is 2.15. The number of hydrogen-bond donors (Lipinski definition) is 2. The molecule has 2 N–H and O–H groups in total. The molecule has 30 heavy (non-hydrogen) atoms. The van der Waals surface area contributed by atoms with Crippen LogP contribution in [0.5, 0.6) is 0 Å². The number of H-pyrrole nitrogens is 1. The molecule has 0 amide bonds. The molecular formula is C23H31N3O2S2. The Morgan fingerprint density at radius 3 is 2.90 bits per heavy atom. The number of nitrogens with zero attached hydrogens (tertiary/aromatic N) is 1. The highest BCUT2D eigenvalue weighted by Gasteiger charge is 2.24. The summed E-state index contributed by atoms with van der Waals surface area (Å²) in [7, 11) is 1.71. The number of rotatable bonds is 7. The molecule has 4 rings (SSSR count). The van der Waals surface area contributed by atoms with Crippen molar-refractivity contribution in [3.05, 3.63) is 29.5 Å². The lowest BCUT2D eigenvalue weighted by Crippen LogP contribution is -2.15. The fourth-order valence-corrected chi connectivity index (χ4v) is 6.09. The van der Waals surface area contributed by atoms with Crippen LogP contribution in [0.25, 0.3) is 10.9 Å². The molecular weight excluding hydrogens is 414 g/mol. The normalized spacial score (nSPS) is 20.6. The molecule has 1 aliphatic carbocycles. The van der Waals surface area contributed by atoms with Crippen LogP contribution in [0.1, 0.15) is 50.3 Å². The number of fused-ring (bicyclic) bond motifs is 1. The van der Waals surface area contributed by atoms with Crippen LogP contribution >= 0.6 is 22.2 Å². The van der Waals surface area contributed by atoms with Gasteiger partial charge in [-0.05, 0) is 49.8 Å². The highest BCUT2D eigenvalue weighted by molar-refractivity contribution is 8.14. The molecule has 5 nitrogen and oxygen atoms in total. The molecule has 2 atom stereocenters. The van der Waals surface area contributed by atoms with Crippen LogP contribution in [-0.4, -0.2) is 52.6 Å². The molecule has 1 saturated carbocycles. The molecule has 2 aromatic rings. The van der Waals surface area contributed by atoms with Crippen molar-refractivity contribution in [1.82, 2.24) is 4.98 Å². The number of methoxy groups -OCH3 is 1. The number of anilines is 1. The Morgan fingerprint density at radius 1 is 1.37 bits per heavy atom. The number of carbonyl (C=O) groups excluding carboxylic acids is 1. The maximum atomic E-state index is 11.6. The van der Waals surface area contributed by atoms with E-state index in [1.807, 2.05) is 0 Å². The Labute approximate surface area is 185 Å². The van der Waals surface area contributed by atoms with Crippen LogP contribution < -0.4 is 5.32 Å². The highest BCUT2D eigenvalue weighted by Crippen LogP contribution is 2.33. The molecule has 0 bridgehead atoms. The van der Waals surface area contributed by atoms with E-state index < -0.39 is 0 Å². The van der Waals surface area contributed by atoms with Crippen LogP contribution in [0.3, 0.4) is 0 Å². The Bertz CT molecular complexity index is 990. The third-order valence-electron chi connectivity index (χ3n) is 5.87. The van der Waals surface area contributed by atoms with Crippen LogP contribution in [0.15, 0.2) is 23.2 Å². The Hall–Kier alpha value is -1.73. The van der Waals surface area contributed by atoms with Crippen LogP contribution in [0.2, 0.25) is 0 Å². The van der Waals surface area contributed by atoms with E-state index >= 15 is 0 Å². The molecule has 1 fully saturated rings. The van der Waals surface area contributed by atoms with Gasteiger partial charge in [0, 0.05) is 22.9 Å². The first-order chi connectivity index (χ1) is 14.6. The summed E-state index contributed by atoms with van der Waals surface area (Å²) in [6, 6.07) is 7.42. The summed E-state index contributed by atoms with van der Waals surface area (Å²) < 4.78 is 4.80. The lowest BCUT2D eigenvalue weighted by Gasteiger charge is -2.16. The molecule has 1 aromatic carbocycles. The summed E-state index contributed by atoms with van der Waals surface area (Å²) in [5, 5.41) is 8.33. The van der Waals surface area contributed by atoms with Crippen LogP contribution in [0, 0.1) is 0 Å². The standard InChI is InChI=1S/C23H31N3O2S2/c1-4-30(3)14-15-9-16-11-20(23-25-18(13-29-23)12-21(27)28-2)26-22(16)19(10-15)24-17-7-5-6-8-17/h4,9-11,17-18,24,26H,5-8,12-14H2,1-3H3. The van der Waals surface area contributed by atoms with Crippen molar-refractivity contribution in [2.24, 2.45) is 4.99 Å². The Balaban J connectivity index is 1.65. The first kappa shape index (κ1) is 21.5. The SMILES string of the molecule is CC=S(C)Cc1cc(NC2CCCC2)c2[nH]c(C3=NC(CC(=O)OC)CS3)cc2c1. The van der Waals surface area contributed by atoms with Crippen molar-refractivity contribution in [2.45, 2.75) is 56.9 Å². The molecule has 7 heteroatoms. The quantitative estimate of drug-likeness (QED) is 0.456. The second-order valence-corrected chi connectivity index (χ2v) is 11.3. The van der Waals surface area contributed by atoms with Gasteiger partial charge in [-0.3, -0.25) is 9.79 Å². The molecule has 1 aliphatic heterocycles. The second-order valence-electron chi connectivity index (χ2n) is 8.17. The average Bonchev–Trinajstić information content (AvgIpc) is 3.48. The number of aliphatic imine (C=N–C) groups is 1. The van der Waals surface area contributed by atoms with Crippen molar-refractivity contribution in [2.75, 3.05) is 24.4 Å². The predicted molar refractivity (Wildman–Crippen MR) is 133 cm³/mol. The Morgan fingerprint density at radius 2 is 2.17 bits per heavy atom. The van der Waals surface area contributed by atoms with Crippen LogP contribution in [0.4, 0.5) is 5.69 Å². The summed E-state index contributed by atoms with van der Waals surface area (Å²) in [6.07, 6.45) is 7.76. The minimum absolute atomic E-state index is 0.00218. The average molecular weight is 446 g/mol. The van der Waals surface area contributed by atoms with Crippen molar-refractivity contribution >= 4 is 55.2 Å². The topological polar surface area (TPSA) is 66.5 Å². The predicted octanol–water partition coefficient (Wildman–Crippen LogP) is 5.17. The number of carbonyl (C=O) groups is 1. The van der Waals surface area contributed by atoms with Gasteiger partial charge in [-0.1, -0.05) is 18.2 Å². The molecule has 2 unspecified atom stereocenters. The van der Waals surface area contributed by atoms with E-state index in [1.165, 1.54) is 49.4 Å². The van der Waals surface area contributed by atoms with E-state index in [4.69, 9.17) is 9.73 Å². The van der Waals surface area contributed by atoms with Gasteiger partial charge in [-0.2, -0.15) is 10.5 Å². The van der Waals surface area contributed by atoms with Gasteiger partial charge >= 0.3 is 5.97 Å². The zero-order valence-corrected chi connectivity index (χ0v) is 19.6. The van der Waals surface area contributed by atoms with Crippen molar-refractivity contribution in [1.29, 1.82) is 0 Å². The summed E-state index contributed by atoms with van der Waals surface area (Å²) in [5.41, 5.74) is 4.80. The first-order valence-electron chi connectivity index (χ1n) is 10.7. The van der Waals surface area contributed by atoms with E-state index in [0.29, 0.717) is 12.5 Å². The van der Waals surface area contributed by atoms with Gasteiger partial charge in [-0.25, -0.2) is 0 Å². The molecule has 162 valence electrons. The van der Waals surface area contributed by atoms with Gasteiger partial charge in [0.1, 0.15) is 5.04 Å². The van der Waals surface area contributed by atoms with Gasteiger partial charge in [-0.15, -0.1) is 11.8 Å². The van der Waals surface area contributed by atoms with E-state index in [0.717, 1.165) is 27.8 Å². The minimum Gasteiger partial charge on any atom is -0.469 e. The summed E-state index contributed by atoms with van der Waals surface area (Å²) in [5.74, 6) is 1.70. The number of thioether (sulfide) groups is 1. The molecule has 0 saturated heterocycles.